The Kier molecular flexibility index (Phi) is 5.23. The van der Waals surface area contributed by atoms with Crippen LogP contribution in [-0.2, 0) is 5.88 Å². The van der Waals surface area contributed by atoms with Gasteiger partial charge in [-0.1, -0.05) is 31.5 Å². The molecule has 0 aliphatic rings. The van der Waals surface area contributed by atoms with Crippen LogP contribution < -0.4 is 0 Å². The third-order valence-electron chi connectivity index (χ3n) is 3.12. The average Bonchev–Trinajstić information content (AvgIpc) is 2.56. The van der Waals surface area contributed by atoms with Gasteiger partial charge in [-0.3, -0.25) is 4.98 Å². The summed E-state index contributed by atoms with van der Waals surface area (Å²) in [6.07, 6.45) is 5.30. The summed E-state index contributed by atoms with van der Waals surface area (Å²) in [6.45, 7) is 6.07. The van der Waals surface area contributed by atoms with Crippen molar-refractivity contribution >= 4 is 22.4 Å². The second kappa shape index (κ2) is 7.14. The third kappa shape index (κ3) is 3.19. The van der Waals surface area contributed by atoms with Crippen molar-refractivity contribution in [2.24, 2.45) is 0 Å². The first-order valence-electron chi connectivity index (χ1n) is 7.01. The van der Waals surface area contributed by atoms with Crippen molar-refractivity contribution in [3.8, 4) is 11.1 Å². The predicted octanol–water partition coefficient (Wildman–Crippen LogP) is 4.77. The van der Waals surface area contributed by atoms with Crippen molar-refractivity contribution in [3.63, 3.8) is 0 Å². The monoisotopic (exact) mass is 299 g/mol. The smallest absolute Gasteiger partial charge is 0.0653 e. The molecule has 0 saturated heterocycles. The third-order valence-corrected chi connectivity index (χ3v) is 3.38. The van der Waals surface area contributed by atoms with Crippen LogP contribution in [0, 0.1) is 6.92 Å². The van der Waals surface area contributed by atoms with Crippen LogP contribution in [0.3, 0.4) is 0 Å². The molecule has 0 unspecified atom stereocenters. The summed E-state index contributed by atoms with van der Waals surface area (Å²) in [5.74, 6) is 0.376. The number of hydrogen-bond donors (Lipinski definition) is 0. The number of benzene rings is 1. The lowest BCUT2D eigenvalue weighted by Gasteiger charge is -2.10. The molecule has 1 aromatic carbocycles. The molecule has 0 spiro atoms. The number of aromatic nitrogens is 3. The average molecular weight is 300 g/mol. The van der Waals surface area contributed by atoms with Crippen LogP contribution >= 0.6 is 11.6 Å². The zero-order chi connectivity index (χ0) is 15.2. The minimum absolute atomic E-state index is 0.376. The first-order valence-corrected chi connectivity index (χ1v) is 7.54. The summed E-state index contributed by atoms with van der Waals surface area (Å²) >= 11 is 6.02. The number of halogens is 1. The molecule has 2 aromatic heterocycles. The first kappa shape index (κ1) is 15.4. The van der Waals surface area contributed by atoms with E-state index in [4.69, 9.17) is 11.6 Å². The molecule has 3 rings (SSSR count). The van der Waals surface area contributed by atoms with Crippen molar-refractivity contribution in [1.82, 2.24) is 15.2 Å². The van der Waals surface area contributed by atoms with Gasteiger partial charge in [0.2, 0.25) is 0 Å². The highest BCUT2D eigenvalue weighted by Crippen LogP contribution is 2.31. The molecule has 0 saturated carbocycles. The molecular formula is C17H18ClN3. The lowest BCUT2D eigenvalue weighted by Crippen LogP contribution is -1.94. The molecule has 0 bridgehead atoms. The maximum Gasteiger partial charge on any atom is 0.0653 e. The van der Waals surface area contributed by atoms with E-state index in [1.54, 1.807) is 12.4 Å². The minimum atomic E-state index is 0.376. The van der Waals surface area contributed by atoms with Gasteiger partial charge in [-0.25, -0.2) is 0 Å². The molecule has 21 heavy (non-hydrogen) atoms. The van der Waals surface area contributed by atoms with Crippen LogP contribution in [0.5, 0.6) is 0 Å². The minimum Gasteiger partial charge on any atom is -0.259 e. The fraction of sp³-hybridized carbons (Fsp3) is 0.235. The molecule has 0 aliphatic heterocycles. The number of aryl methyl sites for hydroxylation is 1. The number of alkyl halides is 1. The highest BCUT2D eigenvalue weighted by Gasteiger charge is 2.11. The molecule has 0 radical (unpaired) electrons. The summed E-state index contributed by atoms with van der Waals surface area (Å²) in [6, 6.07) is 8.26. The standard InChI is InChI=1S/C15H12ClN3.C2H6/c1-10-2-3-13-12(6-10)8-17-14(7-16)15(13)11-4-5-18-19-9-11;1-2/h2-6,8-9H,7H2,1H3;1-2H3. The Balaban J connectivity index is 0.000000774. The Hall–Kier alpha value is -2.00. The van der Waals surface area contributed by atoms with Gasteiger partial charge in [0.15, 0.2) is 0 Å². The maximum atomic E-state index is 6.02. The van der Waals surface area contributed by atoms with Crippen molar-refractivity contribution in [2.45, 2.75) is 26.7 Å². The molecule has 0 atom stereocenters. The predicted molar refractivity (Wildman–Crippen MR) is 88.4 cm³/mol. The Labute approximate surface area is 130 Å². The molecule has 0 amide bonds. The van der Waals surface area contributed by atoms with Gasteiger partial charge in [-0.05, 0) is 24.4 Å². The Morgan fingerprint density at radius 1 is 1.05 bits per heavy atom. The number of rotatable bonds is 2. The molecular weight excluding hydrogens is 282 g/mol. The lowest BCUT2D eigenvalue weighted by molar-refractivity contribution is 1.03. The highest BCUT2D eigenvalue weighted by molar-refractivity contribution is 6.17. The van der Waals surface area contributed by atoms with Crippen molar-refractivity contribution < 1.29 is 0 Å². The summed E-state index contributed by atoms with van der Waals surface area (Å²) < 4.78 is 0. The Morgan fingerprint density at radius 3 is 2.52 bits per heavy atom. The first-order chi connectivity index (χ1) is 10.3. The SMILES string of the molecule is CC.Cc1ccc2c(-c3ccnnc3)c(CCl)ncc2c1. The molecule has 0 fully saturated rings. The largest absolute Gasteiger partial charge is 0.259 e. The van der Waals surface area contributed by atoms with Crippen LogP contribution in [0.15, 0.2) is 42.9 Å². The van der Waals surface area contributed by atoms with E-state index in [0.29, 0.717) is 5.88 Å². The summed E-state index contributed by atoms with van der Waals surface area (Å²) in [4.78, 5) is 4.46. The van der Waals surface area contributed by atoms with Gasteiger partial charge in [0.05, 0.1) is 24.0 Å². The number of hydrogen-bond acceptors (Lipinski definition) is 3. The fourth-order valence-corrected chi connectivity index (χ4v) is 2.45. The van der Waals surface area contributed by atoms with Gasteiger partial charge in [0.25, 0.3) is 0 Å². The van der Waals surface area contributed by atoms with Gasteiger partial charge in [-0.15, -0.1) is 11.6 Å². The topological polar surface area (TPSA) is 38.7 Å². The van der Waals surface area contributed by atoms with E-state index in [-0.39, 0.29) is 0 Å². The summed E-state index contributed by atoms with van der Waals surface area (Å²) in [5, 5.41) is 10.0. The van der Waals surface area contributed by atoms with Crippen LogP contribution in [0.25, 0.3) is 21.9 Å². The fourth-order valence-electron chi connectivity index (χ4n) is 2.25. The van der Waals surface area contributed by atoms with Gasteiger partial charge in [0, 0.05) is 22.7 Å². The molecule has 4 heteroatoms. The van der Waals surface area contributed by atoms with E-state index in [1.165, 1.54) is 5.56 Å². The number of pyridine rings is 1. The Morgan fingerprint density at radius 2 is 1.86 bits per heavy atom. The maximum absolute atomic E-state index is 6.02. The quantitative estimate of drug-likeness (QED) is 0.640. The number of fused-ring (bicyclic) bond motifs is 1. The highest BCUT2D eigenvalue weighted by atomic mass is 35.5. The molecule has 2 heterocycles. The Bertz CT molecular complexity index is 727. The molecule has 0 aliphatic carbocycles. The summed E-state index contributed by atoms with van der Waals surface area (Å²) in [5.41, 5.74) is 4.12. The molecule has 3 aromatic rings. The van der Waals surface area contributed by atoms with Crippen LogP contribution in [0.1, 0.15) is 25.1 Å². The van der Waals surface area contributed by atoms with E-state index in [0.717, 1.165) is 27.6 Å². The van der Waals surface area contributed by atoms with Crippen LogP contribution in [0.4, 0.5) is 0 Å². The molecule has 3 nitrogen and oxygen atoms in total. The van der Waals surface area contributed by atoms with E-state index >= 15 is 0 Å². The van der Waals surface area contributed by atoms with Gasteiger partial charge >= 0.3 is 0 Å². The second-order valence-electron chi connectivity index (χ2n) is 4.44. The normalized spacial score (nSPS) is 10.1. The van der Waals surface area contributed by atoms with Crippen molar-refractivity contribution in [3.05, 3.63) is 54.1 Å². The van der Waals surface area contributed by atoms with Gasteiger partial charge in [-0.2, -0.15) is 10.2 Å². The van der Waals surface area contributed by atoms with Gasteiger partial charge in [0.1, 0.15) is 0 Å². The van der Waals surface area contributed by atoms with Crippen molar-refractivity contribution in [2.75, 3.05) is 0 Å². The van der Waals surface area contributed by atoms with Crippen molar-refractivity contribution in [1.29, 1.82) is 0 Å². The van der Waals surface area contributed by atoms with Crippen LogP contribution in [0.2, 0.25) is 0 Å². The lowest BCUT2D eigenvalue weighted by atomic mass is 9.98. The van der Waals surface area contributed by atoms with Crippen LogP contribution in [-0.4, -0.2) is 15.2 Å². The van der Waals surface area contributed by atoms with E-state index < -0.39 is 0 Å². The van der Waals surface area contributed by atoms with E-state index in [2.05, 4.69) is 40.3 Å². The summed E-state index contributed by atoms with van der Waals surface area (Å²) in [7, 11) is 0. The molecule has 108 valence electrons. The van der Waals surface area contributed by atoms with Gasteiger partial charge < -0.3 is 0 Å². The zero-order valence-corrected chi connectivity index (χ0v) is 13.2. The zero-order valence-electron chi connectivity index (χ0n) is 12.5. The van der Waals surface area contributed by atoms with E-state index in [1.807, 2.05) is 26.1 Å². The van der Waals surface area contributed by atoms with E-state index in [9.17, 15) is 0 Å². The second-order valence-corrected chi connectivity index (χ2v) is 4.70. The molecule has 0 N–H and O–H groups in total. The number of nitrogens with zero attached hydrogens (tertiary/aromatic N) is 3.